The normalized spacial score (nSPS) is 9.76. The van der Waals surface area contributed by atoms with Crippen LogP contribution in [-0.4, -0.2) is 29.5 Å². The Balaban J connectivity index is 2.10. The number of ether oxygens (including phenoxy) is 1. The van der Waals surface area contributed by atoms with Gasteiger partial charge in [0, 0.05) is 24.5 Å². The van der Waals surface area contributed by atoms with Crippen molar-refractivity contribution < 1.29 is 9.53 Å². The fraction of sp³-hybridized carbons (Fsp3) is 0.133. The van der Waals surface area contributed by atoms with Crippen LogP contribution in [0.2, 0.25) is 0 Å². The molecule has 6 heteroatoms. The van der Waals surface area contributed by atoms with Gasteiger partial charge in [0.25, 0.3) is 5.91 Å². The summed E-state index contributed by atoms with van der Waals surface area (Å²) in [7, 11) is 1.57. The van der Waals surface area contributed by atoms with Crippen molar-refractivity contribution in [3.05, 3.63) is 54.9 Å². The third-order valence-electron chi connectivity index (χ3n) is 2.62. The largest absolute Gasteiger partial charge is 0.497 e. The fourth-order valence-corrected chi connectivity index (χ4v) is 1.63. The van der Waals surface area contributed by atoms with E-state index in [1.165, 1.54) is 6.20 Å². The number of carbonyl (C=O) groups excluding carboxylic acids is 1. The highest BCUT2D eigenvalue weighted by molar-refractivity contribution is 6.03. The zero-order valence-electron chi connectivity index (χ0n) is 11.7. The second kappa shape index (κ2) is 7.04. The molecule has 0 radical (unpaired) electrons. The Morgan fingerprint density at radius 1 is 1.43 bits per heavy atom. The van der Waals surface area contributed by atoms with Gasteiger partial charge in [-0.1, -0.05) is 12.1 Å². The van der Waals surface area contributed by atoms with Crippen molar-refractivity contribution in [1.29, 1.82) is 0 Å². The number of hydrogen-bond acceptors (Lipinski definition) is 5. The summed E-state index contributed by atoms with van der Waals surface area (Å²) in [6.45, 7) is 4.12. The number of nitrogens with zero attached hydrogens (tertiary/aromatic N) is 2. The van der Waals surface area contributed by atoms with E-state index in [1.807, 2.05) is 0 Å². The Morgan fingerprint density at radius 2 is 2.29 bits per heavy atom. The van der Waals surface area contributed by atoms with Gasteiger partial charge in [-0.05, 0) is 18.2 Å². The number of carbonyl (C=O) groups is 1. The highest BCUT2D eigenvalue weighted by atomic mass is 16.5. The lowest BCUT2D eigenvalue weighted by Crippen LogP contribution is -2.15. The van der Waals surface area contributed by atoms with Crippen LogP contribution < -0.4 is 15.4 Å². The molecule has 2 N–H and O–H groups in total. The van der Waals surface area contributed by atoms with Crippen LogP contribution >= 0.6 is 0 Å². The number of methoxy groups -OCH3 is 1. The number of amides is 1. The first kappa shape index (κ1) is 14.5. The summed E-state index contributed by atoms with van der Waals surface area (Å²) in [4.78, 5) is 20.3. The van der Waals surface area contributed by atoms with E-state index in [0.29, 0.717) is 23.9 Å². The van der Waals surface area contributed by atoms with Gasteiger partial charge in [0.15, 0.2) is 0 Å². The lowest BCUT2D eigenvalue weighted by atomic mass is 10.3. The van der Waals surface area contributed by atoms with E-state index < -0.39 is 0 Å². The SMILES string of the molecule is C=CCNc1nccc(C(=O)Nc2cccc(OC)c2)n1. The van der Waals surface area contributed by atoms with Gasteiger partial charge >= 0.3 is 0 Å². The summed E-state index contributed by atoms with van der Waals surface area (Å²) in [5, 5.41) is 5.69. The second-order valence-electron chi connectivity index (χ2n) is 4.12. The van der Waals surface area contributed by atoms with Crippen LogP contribution in [0.15, 0.2) is 49.2 Å². The standard InChI is InChI=1S/C15H16N4O2/c1-3-8-16-15-17-9-7-13(19-15)14(20)18-11-5-4-6-12(10-11)21-2/h3-7,9-10H,1,8H2,2H3,(H,18,20)(H,16,17,19). The van der Waals surface area contributed by atoms with Gasteiger partial charge in [-0.2, -0.15) is 0 Å². The van der Waals surface area contributed by atoms with Gasteiger partial charge < -0.3 is 15.4 Å². The molecule has 0 spiro atoms. The number of benzene rings is 1. The summed E-state index contributed by atoms with van der Waals surface area (Å²) in [5.41, 5.74) is 0.915. The number of rotatable bonds is 6. The zero-order chi connectivity index (χ0) is 15.1. The Kier molecular flexibility index (Phi) is 4.87. The highest BCUT2D eigenvalue weighted by Gasteiger charge is 2.09. The second-order valence-corrected chi connectivity index (χ2v) is 4.12. The molecular formula is C15H16N4O2. The van der Waals surface area contributed by atoms with E-state index in [9.17, 15) is 4.79 Å². The van der Waals surface area contributed by atoms with Gasteiger partial charge in [0.2, 0.25) is 5.95 Å². The maximum absolute atomic E-state index is 12.1. The van der Waals surface area contributed by atoms with Gasteiger partial charge in [-0.25, -0.2) is 9.97 Å². The van der Waals surface area contributed by atoms with Crippen molar-refractivity contribution in [2.24, 2.45) is 0 Å². The predicted molar refractivity (Wildman–Crippen MR) is 81.7 cm³/mol. The Morgan fingerprint density at radius 3 is 3.05 bits per heavy atom. The molecule has 21 heavy (non-hydrogen) atoms. The molecule has 6 nitrogen and oxygen atoms in total. The van der Waals surface area contributed by atoms with E-state index in [4.69, 9.17) is 4.74 Å². The molecule has 0 aliphatic heterocycles. The molecule has 2 aromatic rings. The molecule has 0 atom stereocenters. The van der Waals surface area contributed by atoms with Gasteiger partial charge in [0.1, 0.15) is 11.4 Å². The van der Waals surface area contributed by atoms with Crippen molar-refractivity contribution in [3.63, 3.8) is 0 Å². The van der Waals surface area contributed by atoms with Crippen LogP contribution in [0.4, 0.5) is 11.6 Å². The molecule has 1 aromatic heterocycles. The van der Waals surface area contributed by atoms with Crippen LogP contribution in [0.5, 0.6) is 5.75 Å². The minimum absolute atomic E-state index is 0.277. The van der Waals surface area contributed by atoms with E-state index >= 15 is 0 Å². The summed E-state index contributed by atoms with van der Waals surface area (Å²) < 4.78 is 5.11. The number of anilines is 2. The Labute approximate surface area is 122 Å². The summed E-state index contributed by atoms with van der Waals surface area (Å²) >= 11 is 0. The molecule has 0 aliphatic rings. The lowest BCUT2D eigenvalue weighted by Gasteiger charge is -2.07. The summed E-state index contributed by atoms with van der Waals surface area (Å²) in [6, 6.07) is 8.66. The molecule has 1 aromatic carbocycles. The minimum atomic E-state index is -0.313. The van der Waals surface area contributed by atoms with E-state index in [1.54, 1.807) is 43.5 Å². The van der Waals surface area contributed by atoms with Crippen molar-refractivity contribution in [2.45, 2.75) is 0 Å². The molecule has 0 saturated carbocycles. The van der Waals surface area contributed by atoms with Crippen molar-refractivity contribution in [1.82, 2.24) is 9.97 Å². The zero-order valence-corrected chi connectivity index (χ0v) is 11.7. The fourth-order valence-electron chi connectivity index (χ4n) is 1.63. The number of nitrogens with one attached hydrogen (secondary N) is 2. The first-order valence-electron chi connectivity index (χ1n) is 6.36. The molecule has 0 bridgehead atoms. The van der Waals surface area contributed by atoms with Crippen LogP contribution in [-0.2, 0) is 0 Å². The van der Waals surface area contributed by atoms with Gasteiger partial charge in [-0.3, -0.25) is 4.79 Å². The maximum Gasteiger partial charge on any atom is 0.274 e. The van der Waals surface area contributed by atoms with Crippen molar-refractivity contribution >= 4 is 17.5 Å². The average molecular weight is 284 g/mol. The van der Waals surface area contributed by atoms with Gasteiger partial charge in [0.05, 0.1) is 7.11 Å². The minimum Gasteiger partial charge on any atom is -0.497 e. The topological polar surface area (TPSA) is 76.1 Å². The monoisotopic (exact) mass is 284 g/mol. The van der Waals surface area contributed by atoms with Crippen molar-refractivity contribution in [2.75, 3.05) is 24.3 Å². The summed E-state index contributed by atoms with van der Waals surface area (Å²) in [5.74, 6) is 0.740. The highest BCUT2D eigenvalue weighted by Crippen LogP contribution is 2.17. The van der Waals surface area contributed by atoms with Crippen LogP contribution in [0.3, 0.4) is 0 Å². The Hall–Kier alpha value is -2.89. The third-order valence-corrected chi connectivity index (χ3v) is 2.62. The van der Waals surface area contributed by atoms with E-state index in [2.05, 4.69) is 27.2 Å². The van der Waals surface area contributed by atoms with Crippen molar-refractivity contribution in [3.8, 4) is 5.75 Å². The molecule has 0 unspecified atom stereocenters. The van der Waals surface area contributed by atoms with E-state index in [-0.39, 0.29) is 11.6 Å². The maximum atomic E-state index is 12.1. The van der Waals surface area contributed by atoms with Crippen LogP contribution in [0, 0.1) is 0 Å². The molecule has 0 aliphatic carbocycles. The molecule has 2 rings (SSSR count). The summed E-state index contributed by atoms with van der Waals surface area (Å²) in [6.07, 6.45) is 3.21. The first-order chi connectivity index (χ1) is 10.2. The lowest BCUT2D eigenvalue weighted by molar-refractivity contribution is 0.102. The molecule has 1 heterocycles. The quantitative estimate of drug-likeness (QED) is 0.796. The molecule has 1 amide bonds. The van der Waals surface area contributed by atoms with Crippen LogP contribution in [0.1, 0.15) is 10.5 Å². The first-order valence-corrected chi connectivity index (χ1v) is 6.36. The van der Waals surface area contributed by atoms with Crippen LogP contribution in [0.25, 0.3) is 0 Å². The predicted octanol–water partition coefficient (Wildman–Crippen LogP) is 2.34. The Bertz CT molecular complexity index is 643. The van der Waals surface area contributed by atoms with Gasteiger partial charge in [-0.15, -0.1) is 6.58 Å². The average Bonchev–Trinajstić information content (AvgIpc) is 2.53. The number of hydrogen-bond donors (Lipinski definition) is 2. The molecular weight excluding hydrogens is 268 g/mol. The molecule has 0 saturated heterocycles. The molecule has 0 fully saturated rings. The molecule has 108 valence electrons. The smallest absolute Gasteiger partial charge is 0.274 e. The van der Waals surface area contributed by atoms with E-state index in [0.717, 1.165) is 0 Å². The third kappa shape index (κ3) is 4.04. The number of aromatic nitrogens is 2.